The lowest BCUT2D eigenvalue weighted by Gasteiger charge is -2.21. The highest BCUT2D eigenvalue weighted by molar-refractivity contribution is 6.33. The normalized spacial score (nSPS) is 10.5. The van der Waals surface area contributed by atoms with Crippen LogP contribution in [0.4, 0.5) is 5.82 Å². The molecule has 25 heavy (non-hydrogen) atoms. The third-order valence-corrected chi connectivity index (χ3v) is 4.04. The summed E-state index contributed by atoms with van der Waals surface area (Å²) in [6.07, 6.45) is 3.15. The number of benzene rings is 1. The first kappa shape index (κ1) is 17.0. The number of aromatic amines is 1. The molecule has 0 saturated carbocycles. The minimum absolute atomic E-state index is 0.254. The highest BCUT2D eigenvalue weighted by atomic mass is 35.5. The molecular weight excluding hydrogens is 338 g/mol. The SMILES string of the molecule is CN(Cc1ccccc1)c1ncccc1CNC(=O)c1[nH]ncc1Cl. The van der Waals surface area contributed by atoms with Gasteiger partial charge in [-0.05, 0) is 11.6 Å². The van der Waals surface area contributed by atoms with Gasteiger partial charge in [-0.25, -0.2) is 4.98 Å². The number of halogens is 1. The Bertz CT molecular complexity index is 849. The van der Waals surface area contributed by atoms with Crippen LogP contribution >= 0.6 is 11.6 Å². The minimum atomic E-state index is -0.303. The van der Waals surface area contributed by atoms with Crippen molar-refractivity contribution >= 4 is 23.3 Å². The van der Waals surface area contributed by atoms with Crippen molar-refractivity contribution in [2.24, 2.45) is 0 Å². The minimum Gasteiger partial charge on any atom is -0.355 e. The van der Waals surface area contributed by atoms with E-state index >= 15 is 0 Å². The molecule has 2 heterocycles. The molecule has 128 valence electrons. The maximum Gasteiger partial charge on any atom is 0.271 e. The lowest BCUT2D eigenvalue weighted by molar-refractivity contribution is 0.0946. The Morgan fingerprint density at radius 2 is 2.04 bits per heavy atom. The lowest BCUT2D eigenvalue weighted by Crippen LogP contribution is -2.26. The van der Waals surface area contributed by atoms with E-state index in [1.807, 2.05) is 37.4 Å². The van der Waals surface area contributed by atoms with E-state index < -0.39 is 0 Å². The van der Waals surface area contributed by atoms with Crippen molar-refractivity contribution in [3.63, 3.8) is 0 Å². The van der Waals surface area contributed by atoms with Crippen molar-refractivity contribution in [2.45, 2.75) is 13.1 Å². The van der Waals surface area contributed by atoms with Crippen molar-refractivity contribution in [2.75, 3.05) is 11.9 Å². The third kappa shape index (κ3) is 4.16. The zero-order chi connectivity index (χ0) is 17.6. The molecule has 3 rings (SSSR count). The highest BCUT2D eigenvalue weighted by Gasteiger charge is 2.14. The number of anilines is 1. The molecule has 3 aromatic rings. The van der Waals surface area contributed by atoms with Crippen molar-refractivity contribution < 1.29 is 4.79 Å². The molecule has 0 aliphatic carbocycles. The largest absolute Gasteiger partial charge is 0.355 e. The highest BCUT2D eigenvalue weighted by Crippen LogP contribution is 2.18. The summed E-state index contributed by atoms with van der Waals surface area (Å²) in [5, 5.41) is 9.48. The van der Waals surface area contributed by atoms with E-state index in [-0.39, 0.29) is 11.6 Å². The summed E-state index contributed by atoms with van der Waals surface area (Å²) >= 11 is 5.91. The van der Waals surface area contributed by atoms with Crippen LogP contribution in [0.2, 0.25) is 5.02 Å². The number of aromatic nitrogens is 3. The molecule has 0 unspecified atom stereocenters. The maximum atomic E-state index is 12.2. The summed E-state index contributed by atoms with van der Waals surface area (Å²) in [7, 11) is 1.98. The van der Waals surface area contributed by atoms with Gasteiger partial charge in [0.15, 0.2) is 0 Å². The summed E-state index contributed by atoms with van der Waals surface area (Å²) < 4.78 is 0. The molecular formula is C18H18ClN5O. The van der Waals surface area contributed by atoms with Gasteiger partial charge in [0.2, 0.25) is 0 Å². The quantitative estimate of drug-likeness (QED) is 0.712. The number of carbonyl (C=O) groups excluding carboxylic acids is 1. The number of hydrogen-bond donors (Lipinski definition) is 2. The van der Waals surface area contributed by atoms with Gasteiger partial charge in [-0.2, -0.15) is 5.10 Å². The topological polar surface area (TPSA) is 73.9 Å². The van der Waals surface area contributed by atoms with E-state index in [1.165, 1.54) is 11.8 Å². The Hall–Kier alpha value is -2.86. The standard InChI is InChI=1S/C18H18ClN5O/c1-24(12-13-6-3-2-4-7-13)17-14(8-5-9-20-17)10-21-18(25)16-15(19)11-22-23-16/h2-9,11H,10,12H2,1H3,(H,21,25)(H,22,23). The smallest absolute Gasteiger partial charge is 0.271 e. The van der Waals surface area contributed by atoms with E-state index in [0.717, 1.165) is 17.9 Å². The second kappa shape index (κ2) is 7.81. The summed E-state index contributed by atoms with van der Waals surface area (Å²) in [5.74, 6) is 0.519. The van der Waals surface area contributed by atoms with E-state index in [1.54, 1.807) is 6.20 Å². The van der Waals surface area contributed by atoms with E-state index in [0.29, 0.717) is 11.6 Å². The molecule has 0 atom stereocenters. The fourth-order valence-corrected chi connectivity index (χ4v) is 2.72. The second-order valence-corrected chi connectivity index (χ2v) is 6.01. The van der Waals surface area contributed by atoms with Gasteiger partial charge in [0, 0.05) is 31.9 Å². The summed E-state index contributed by atoms with van der Waals surface area (Å²) in [4.78, 5) is 18.7. The van der Waals surface area contributed by atoms with Crippen molar-refractivity contribution in [1.29, 1.82) is 0 Å². The lowest BCUT2D eigenvalue weighted by atomic mass is 10.2. The van der Waals surface area contributed by atoms with Gasteiger partial charge < -0.3 is 10.2 Å². The molecule has 0 spiro atoms. The molecule has 2 N–H and O–H groups in total. The van der Waals surface area contributed by atoms with Gasteiger partial charge in [0.05, 0.1) is 11.2 Å². The Morgan fingerprint density at radius 1 is 1.24 bits per heavy atom. The Labute approximate surface area is 150 Å². The first-order chi connectivity index (χ1) is 12.1. The summed E-state index contributed by atoms with van der Waals surface area (Å²) in [5.41, 5.74) is 2.37. The van der Waals surface area contributed by atoms with Crippen LogP contribution < -0.4 is 10.2 Å². The maximum absolute atomic E-state index is 12.2. The number of nitrogens with one attached hydrogen (secondary N) is 2. The number of rotatable bonds is 6. The molecule has 0 radical (unpaired) electrons. The van der Waals surface area contributed by atoms with Gasteiger partial charge in [0.25, 0.3) is 5.91 Å². The third-order valence-electron chi connectivity index (χ3n) is 3.75. The van der Waals surface area contributed by atoms with Crippen LogP contribution in [0.5, 0.6) is 0 Å². The van der Waals surface area contributed by atoms with Crippen molar-refractivity contribution in [3.05, 3.63) is 76.7 Å². The molecule has 1 amide bonds. The summed E-state index contributed by atoms with van der Waals surface area (Å²) in [6.45, 7) is 1.07. The molecule has 0 saturated heterocycles. The van der Waals surface area contributed by atoms with Gasteiger partial charge in [-0.3, -0.25) is 9.89 Å². The van der Waals surface area contributed by atoms with Crippen LogP contribution in [-0.4, -0.2) is 28.1 Å². The average Bonchev–Trinajstić information content (AvgIpc) is 3.07. The predicted molar refractivity (Wildman–Crippen MR) is 97.6 cm³/mol. The molecule has 6 nitrogen and oxygen atoms in total. The number of pyridine rings is 1. The number of amides is 1. The first-order valence-corrected chi connectivity index (χ1v) is 8.19. The molecule has 0 fully saturated rings. The Morgan fingerprint density at radius 3 is 2.76 bits per heavy atom. The summed E-state index contributed by atoms with van der Waals surface area (Å²) in [6, 6.07) is 13.9. The van der Waals surface area contributed by atoms with E-state index in [4.69, 9.17) is 11.6 Å². The van der Waals surface area contributed by atoms with Crippen LogP contribution in [0.3, 0.4) is 0 Å². The van der Waals surface area contributed by atoms with E-state index in [2.05, 4.69) is 37.5 Å². The Balaban J connectivity index is 1.70. The number of carbonyl (C=O) groups is 1. The first-order valence-electron chi connectivity index (χ1n) is 7.81. The van der Waals surface area contributed by atoms with Crippen LogP contribution in [-0.2, 0) is 13.1 Å². The van der Waals surface area contributed by atoms with Gasteiger partial charge in [-0.15, -0.1) is 0 Å². The van der Waals surface area contributed by atoms with Crippen molar-refractivity contribution in [1.82, 2.24) is 20.5 Å². The molecule has 7 heteroatoms. The number of nitrogens with zero attached hydrogens (tertiary/aromatic N) is 3. The molecule has 0 aliphatic rings. The zero-order valence-electron chi connectivity index (χ0n) is 13.7. The fraction of sp³-hybridized carbons (Fsp3) is 0.167. The van der Waals surface area contributed by atoms with E-state index in [9.17, 15) is 4.79 Å². The number of hydrogen-bond acceptors (Lipinski definition) is 4. The van der Waals surface area contributed by atoms with Crippen molar-refractivity contribution in [3.8, 4) is 0 Å². The predicted octanol–water partition coefficient (Wildman–Crippen LogP) is 3.02. The van der Waals surface area contributed by atoms with Gasteiger partial charge in [0.1, 0.15) is 11.5 Å². The van der Waals surface area contributed by atoms with Crippen LogP contribution in [0.25, 0.3) is 0 Å². The molecule has 0 bridgehead atoms. The zero-order valence-corrected chi connectivity index (χ0v) is 14.5. The monoisotopic (exact) mass is 355 g/mol. The van der Waals surface area contributed by atoms with Gasteiger partial charge >= 0.3 is 0 Å². The molecule has 0 aliphatic heterocycles. The second-order valence-electron chi connectivity index (χ2n) is 5.60. The fourth-order valence-electron chi connectivity index (χ4n) is 2.54. The van der Waals surface area contributed by atoms with Crippen LogP contribution in [0.1, 0.15) is 21.6 Å². The van der Waals surface area contributed by atoms with Crippen LogP contribution in [0, 0.1) is 0 Å². The molecule has 2 aromatic heterocycles. The number of H-pyrrole nitrogens is 1. The molecule has 1 aromatic carbocycles. The van der Waals surface area contributed by atoms with Crippen LogP contribution in [0.15, 0.2) is 54.9 Å². The van der Waals surface area contributed by atoms with Gasteiger partial charge in [-0.1, -0.05) is 48.0 Å². The Kier molecular flexibility index (Phi) is 5.30. The average molecular weight is 356 g/mol.